The van der Waals surface area contributed by atoms with Crippen molar-refractivity contribution in [3.63, 3.8) is 0 Å². The van der Waals surface area contributed by atoms with Crippen molar-refractivity contribution >= 4 is 0 Å². The molecule has 0 bridgehead atoms. The first-order chi connectivity index (χ1) is 7.99. The van der Waals surface area contributed by atoms with Crippen molar-refractivity contribution in [3.8, 4) is 5.75 Å². The summed E-state index contributed by atoms with van der Waals surface area (Å²) >= 11 is 0. The van der Waals surface area contributed by atoms with E-state index in [2.05, 4.69) is 0 Å². The quantitative estimate of drug-likeness (QED) is 0.832. The largest absolute Gasteiger partial charge is 0.488 e. The van der Waals surface area contributed by atoms with Gasteiger partial charge in [0, 0.05) is 0 Å². The Morgan fingerprint density at radius 1 is 1.29 bits per heavy atom. The number of aryl methyl sites for hydroxylation is 1. The van der Waals surface area contributed by atoms with Gasteiger partial charge < -0.3 is 14.6 Å². The molecule has 1 aromatic carbocycles. The van der Waals surface area contributed by atoms with Gasteiger partial charge in [-0.1, -0.05) is 6.07 Å². The summed E-state index contributed by atoms with van der Waals surface area (Å²) in [6, 6.07) is 4.62. The van der Waals surface area contributed by atoms with Gasteiger partial charge in [0.15, 0.2) is 11.6 Å². The molecule has 17 heavy (non-hydrogen) atoms. The lowest BCUT2D eigenvalue weighted by Crippen LogP contribution is -2.25. The molecule has 0 heterocycles. The summed E-state index contributed by atoms with van der Waals surface area (Å²) in [7, 11) is 0. The minimum Gasteiger partial charge on any atom is -0.488 e. The van der Waals surface area contributed by atoms with Crippen LogP contribution in [0.25, 0.3) is 0 Å². The van der Waals surface area contributed by atoms with Gasteiger partial charge in [-0.15, -0.1) is 0 Å². The Labute approximate surface area is 101 Å². The molecular formula is C13H19FO3. The van der Waals surface area contributed by atoms with Gasteiger partial charge in [-0.3, -0.25) is 0 Å². The second kappa shape index (κ2) is 6.57. The molecule has 1 aromatic rings. The number of hydrogen-bond acceptors (Lipinski definition) is 3. The molecule has 1 rings (SSSR count). The van der Waals surface area contributed by atoms with E-state index in [1.807, 2.05) is 20.8 Å². The lowest BCUT2D eigenvalue weighted by molar-refractivity contribution is -0.0127. The zero-order chi connectivity index (χ0) is 12.8. The fourth-order valence-corrected chi connectivity index (χ4v) is 1.26. The summed E-state index contributed by atoms with van der Waals surface area (Å²) in [5.74, 6) is -0.263. The second-order valence-corrected chi connectivity index (χ2v) is 4.28. The monoisotopic (exact) mass is 242 g/mol. The third-order valence-corrected chi connectivity index (χ3v) is 2.14. The summed E-state index contributed by atoms with van der Waals surface area (Å²) in [4.78, 5) is 0. The molecule has 0 fully saturated rings. The van der Waals surface area contributed by atoms with Gasteiger partial charge in [0.1, 0.15) is 12.7 Å². The van der Waals surface area contributed by atoms with Gasteiger partial charge in [-0.2, -0.15) is 0 Å². The number of hydrogen-bond donors (Lipinski definition) is 1. The Kier molecular flexibility index (Phi) is 5.38. The highest BCUT2D eigenvalue weighted by molar-refractivity contribution is 5.29. The Balaban J connectivity index is 2.41. The predicted molar refractivity (Wildman–Crippen MR) is 63.7 cm³/mol. The molecule has 1 atom stereocenters. The van der Waals surface area contributed by atoms with E-state index >= 15 is 0 Å². The van der Waals surface area contributed by atoms with Crippen molar-refractivity contribution in [2.75, 3.05) is 13.2 Å². The molecule has 0 saturated heterocycles. The molecule has 0 amide bonds. The maximum Gasteiger partial charge on any atom is 0.165 e. The van der Waals surface area contributed by atoms with Crippen molar-refractivity contribution in [1.29, 1.82) is 0 Å². The van der Waals surface area contributed by atoms with Crippen LogP contribution < -0.4 is 4.74 Å². The molecule has 1 N–H and O–H groups in total. The van der Waals surface area contributed by atoms with E-state index in [0.29, 0.717) is 0 Å². The van der Waals surface area contributed by atoms with Crippen LogP contribution in [0.4, 0.5) is 4.39 Å². The SMILES string of the molecule is Cc1ccc(F)c(OCC(O)COC(C)C)c1. The third-order valence-electron chi connectivity index (χ3n) is 2.14. The number of halogens is 1. The Hall–Kier alpha value is -1.13. The first-order valence-corrected chi connectivity index (χ1v) is 5.67. The number of benzene rings is 1. The standard InChI is InChI=1S/C13H19FO3/c1-9(2)16-7-11(15)8-17-13-6-10(3)4-5-12(13)14/h4-6,9,11,15H,7-8H2,1-3H3. The topological polar surface area (TPSA) is 38.7 Å². The third kappa shape index (κ3) is 5.15. The van der Waals surface area contributed by atoms with Crippen LogP contribution in [-0.2, 0) is 4.74 Å². The van der Waals surface area contributed by atoms with Crippen LogP contribution in [0, 0.1) is 12.7 Å². The number of aliphatic hydroxyl groups is 1. The highest BCUT2D eigenvalue weighted by atomic mass is 19.1. The van der Waals surface area contributed by atoms with E-state index in [1.54, 1.807) is 12.1 Å². The fraction of sp³-hybridized carbons (Fsp3) is 0.538. The van der Waals surface area contributed by atoms with Crippen LogP contribution in [0.3, 0.4) is 0 Å². The van der Waals surface area contributed by atoms with Crippen molar-refractivity contribution in [2.45, 2.75) is 33.0 Å². The molecule has 1 unspecified atom stereocenters. The van der Waals surface area contributed by atoms with Gasteiger partial charge in [-0.05, 0) is 38.5 Å². The van der Waals surface area contributed by atoms with Crippen LogP contribution in [-0.4, -0.2) is 30.5 Å². The Morgan fingerprint density at radius 2 is 2.00 bits per heavy atom. The molecule has 0 aliphatic rings. The molecule has 96 valence electrons. The smallest absolute Gasteiger partial charge is 0.165 e. The number of aliphatic hydroxyl groups excluding tert-OH is 1. The first-order valence-electron chi connectivity index (χ1n) is 5.67. The summed E-state index contributed by atoms with van der Waals surface area (Å²) in [5, 5.41) is 9.55. The van der Waals surface area contributed by atoms with Crippen molar-refractivity contribution in [3.05, 3.63) is 29.6 Å². The normalized spacial score (nSPS) is 12.8. The average molecular weight is 242 g/mol. The molecule has 0 aliphatic carbocycles. The van der Waals surface area contributed by atoms with Crippen LogP contribution >= 0.6 is 0 Å². The predicted octanol–water partition coefficient (Wildman–Crippen LogP) is 2.30. The number of ether oxygens (including phenoxy) is 2. The highest BCUT2D eigenvalue weighted by Gasteiger charge is 2.09. The lowest BCUT2D eigenvalue weighted by Gasteiger charge is -2.15. The van der Waals surface area contributed by atoms with E-state index < -0.39 is 11.9 Å². The highest BCUT2D eigenvalue weighted by Crippen LogP contribution is 2.18. The molecule has 0 aliphatic heterocycles. The fourth-order valence-electron chi connectivity index (χ4n) is 1.26. The minimum atomic E-state index is -0.752. The molecule has 0 aromatic heterocycles. The average Bonchev–Trinajstić information content (AvgIpc) is 2.27. The van der Waals surface area contributed by atoms with Crippen molar-refractivity contribution in [2.24, 2.45) is 0 Å². The van der Waals surface area contributed by atoms with E-state index in [0.717, 1.165) is 5.56 Å². The van der Waals surface area contributed by atoms with E-state index in [-0.39, 0.29) is 25.1 Å². The molecule has 4 heteroatoms. The molecule has 0 spiro atoms. The minimum absolute atomic E-state index is 0.0209. The molecule has 3 nitrogen and oxygen atoms in total. The summed E-state index contributed by atoms with van der Waals surface area (Å²) < 4.78 is 23.7. The summed E-state index contributed by atoms with van der Waals surface area (Å²) in [6.07, 6.45) is -0.697. The van der Waals surface area contributed by atoms with Gasteiger partial charge >= 0.3 is 0 Å². The van der Waals surface area contributed by atoms with Gasteiger partial charge in [-0.25, -0.2) is 4.39 Å². The maximum atomic E-state index is 13.3. The van der Waals surface area contributed by atoms with E-state index in [1.165, 1.54) is 6.07 Å². The Morgan fingerprint density at radius 3 is 2.65 bits per heavy atom. The maximum absolute atomic E-state index is 13.3. The van der Waals surface area contributed by atoms with E-state index in [9.17, 15) is 9.50 Å². The zero-order valence-corrected chi connectivity index (χ0v) is 10.4. The van der Waals surface area contributed by atoms with Crippen LogP contribution in [0.2, 0.25) is 0 Å². The van der Waals surface area contributed by atoms with Gasteiger partial charge in [0.25, 0.3) is 0 Å². The Bertz CT molecular complexity index is 353. The first kappa shape index (κ1) is 13.9. The summed E-state index contributed by atoms with van der Waals surface area (Å²) in [6.45, 7) is 5.82. The van der Waals surface area contributed by atoms with Crippen LogP contribution in [0.15, 0.2) is 18.2 Å². The van der Waals surface area contributed by atoms with E-state index in [4.69, 9.17) is 9.47 Å². The van der Waals surface area contributed by atoms with Crippen LogP contribution in [0.1, 0.15) is 19.4 Å². The number of rotatable bonds is 6. The summed E-state index contributed by atoms with van der Waals surface area (Å²) in [5.41, 5.74) is 0.911. The van der Waals surface area contributed by atoms with Crippen molar-refractivity contribution in [1.82, 2.24) is 0 Å². The molecule has 0 radical (unpaired) electrons. The second-order valence-electron chi connectivity index (χ2n) is 4.28. The molecular weight excluding hydrogens is 223 g/mol. The van der Waals surface area contributed by atoms with Crippen LogP contribution in [0.5, 0.6) is 5.75 Å². The molecule has 0 saturated carbocycles. The van der Waals surface area contributed by atoms with Crippen molar-refractivity contribution < 1.29 is 19.0 Å². The van der Waals surface area contributed by atoms with Gasteiger partial charge in [0.2, 0.25) is 0 Å². The van der Waals surface area contributed by atoms with Gasteiger partial charge in [0.05, 0.1) is 12.7 Å². The zero-order valence-electron chi connectivity index (χ0n) is 10.4. The lowest BCUT2D eigenvalue weighted by atomic mass is 10.2.